The molecule has 104 valence electrons. The largest absolute Gasteiger partial charge is 0.378 e. The van der Waals surface area contributed by atoms with Gasteiger partial charge in [-0.1, -0.05) is 18.2 Å². The highest BCUT2D eigenvalue weighted by Gasteiger charge is 2.06. The minimum absolute atomic E-state index is 0.123. The van der Waals surface area contributed by atoms with Crippen molar-refractivity contribution in [3.63, 3.8) is 0 Å². The number of hydrogen-bond donors (Lipinski definition) is 1. The Morgan fingerprint density at radius 3 is 2.45 bits per heavy atom. The average molecular weight is 289 g/mol. The second-order valence-electron chi connectivity index (χ2n) is 4.73. The van der Waals surface area contributed by atoms with Gasteiger partial charge in [-0.15, -0.1) is 11.6 Å². The summed E-state index contributed by atoms with van der Waals surface area (Å²) in [6, 6.07) is 15.0. The molecule has 0 heterocycles. The molecule has 4 heteroatoms. The summed E-state index contributed by atoms with van der Waals surface area (Å²) in [5, 5.41) is 2.89. The molecule has 3 nitrogen and oxygen atoms in total. The maximum atomic E-state index is 12.1. The molecule has 0 atom stereocenters. The molecule has 2 aromatic rings. The van der Waals surface area contributed by atoms with Crippen LogP contribution in [0.15, 0.2) is 48.5 Å². The van der Waals surface area contributed by atoms with Crippen molar-refractivity contribution in [2.24, 2.45) is 0 Å². The summed E-state index contributed by atoms with van der Waals surface area (Å²) >= 11 is 5.73. The van der Waals surface area contributed by atoms with Gasteiger partial charge >= 0.3 is 0 Å². The van der Waals surface area contributed by atoms with E-state index < -0.39 is 0 Å². The summed E-state index contributed by atoms with van der Waals surface area (Å²) in [6.07, 6.45) is 0. The Kier molecular flexibility index (Phi) is 4.64. The molecular formula is C16H17ClN2O. The Labute approximate surface area is 124 Å². The lowest BCUT2D eigenvalue weighted by molar-refractivity contribution is 0.102. The van der Waals surface area contributed by atoms with E-state index in [-0.39, 0.29) is 5.91 Å². The monoisotopic (exact) mass is 288 g/mol. The summed E-state index contributed by atoms with van der Waals surface area (Å²) in [5.41, 5.74) is 3.44. The van der Waals surface area contributed by atoms with Crippen LogP contribution in [0.3, 0.4) is 0 Å². The Bertz CT molecular complexity index is 594. The number of carbonyl (C=O) groups excluding carboxylic acids is 1. The smallest absolute Gasteiger partial charge is 0.255 e. The SMILES string of the molecule is CN(C)c1cccc(NC(=O)c2ccc(CCl)cc2)c1. The number of carbonyl (C=O) groups is 1. The van der Waals surface area contributed by atoms with Gasteiger partial charge in [0.2, 0.25) is 0 Å². The quantitative estimate of drug-likeness (QED) is 0.869. The van der Waals surface area contributed by atoms with Crippen molar-refractivity contribution >= 4 is 28.9 Å². The third kappa shape index (κ3) is 3.52. The number of nitrogens with one attached hydrogen (secondary N) is 1. The minimum atomic E-state index is -0.123. The van der Waals surface area contributed by atoms with Crippen molar-refractivity contribution in [2.45, 2.75) is 5.88 Å². The van der Waals surface area contributed by atoms with Crippen LogP contribution < -0.4 is 10.2 Å². The van der Waals surface area contributed by atoms with E-state index in [0.29, 0.717) is 11.4 Å². The molecule has 0 aromatic heterocycles. The van der Waals surface area contributed by atoms with Gasteiger partial charge in [0.1, 0.15) is 0 Å². The first kappa shape index (κ1) is 14.4. The molecule has 0 aliphatic rings. The van der Waals surface area contributed by atoms with Crippen LogP contribution in [0, 0.1) is 0 Å². The predicted octanol–water partition coefficient (Wildman–Crippen LogP) is 3.74. The first-order chi connectivity index (χ1) is 9.60. The van der Waals surface area contributed by atoms with Crippen molar-refractivity contribution in [1.29, 1.82) is 0 Å². The molecule has 0 radical (unpaired) electrons. The fourth-order valence-electron chi connectivity index (χ4n) is 1.81. The van der Waals surface area contributed by atoms with Gasteiger partial charge in [-0.2, -0.15) is 0 Å². The lowest BCUT2D eigenvalue weighted by Gasteiger charge is -2.14. The predicted molar refractivity (Wildman–Crippen MR) is 84.7 cm³/mol. The van der Waals surface area contributed by atoms with E-state index in [4.69, 9.17) is 11.6 Å². The van der Waals surface area contributed by atoms with Crippen molar-refractivity contribution in [1.82, 2.24) is 0 Å². The van der Waals surface area contributed by atoms with Crippen molar-refractivity contribution in [3.8, 4) is 0 Å². The van der Waals surface area contributed by atoms with Crippen LogP contribution in [0.25, 0.3) is 0 Å². The molecule has 0 saturated carbocycles. The van der Waals surface area contributed by atoms with Gasteiger partial charge in [-0.05, 0) is 35.9 Å². The molecule has 0 bridgehead atoms. The van der Waals surface area contributed by atoms with E-state index >= 15 is 0 Å². The highest BCUT2D eigenvalue weighted by atomic mass is 35.5. The molecule has 0 saturated heterocycles. The van der Waals surface area contributed by atoms with Crippen LogP contribution in [0.4, 0.5) is 11.4 Å². The molecule has 0 fully saturated rings. The number of amides is 1. The topological polar surface area (TPSA) is 32.3 Å². The Hall–Kier alpha value is -2.00. The van der Waals surface area contributed by atoms with E-state index in [1.807, 2.05) is 55.4 Å². The normalized spacial score (nSPS) is 10.2. The highest BCUT2D eigenvalue weighted by Crippen LogP contribution is 2.18. The molecule has 2 aromatic carbocycles. The van der Waals surface area contributed by atoms with Crippen molar-refractivity contribution < 1.29 is 4.79 Å². The van der Waals surface area contributed by atoms with Crippen LogP contribution >= 0.6 is 11.6 Å². The molecule has 1 amide bonds. The van der Waals surface area contributed by atoms with Crippen LogP contribution in [-0.2, 0) is 5.88 Å². The maximum Gasteiger partial charge on any atom is 0.255 e. The molecule has 0 aliphatic carbocycles. The summed E-state index contributed by atoms with van der Waals surface area (Å²) in [5.74, 6) is 0.328. The molecule has 1 N–H and O–H groups in total. The molecule has 0 unspecified atom stereocenters. The number of nitrogens with zero attached hydrogens (tertiary/aromatic N) is 1. The second kappa shape index (κ2) is 6.44. The summed E-state index contributed by atoms with van der Waals surface area (Å²) < 4.78 is 0. The van der Waals surface area contributed by atoms with Crippen molar-refractivity contribution in [3.05, 3.63) is 59.7 Å². The van der Waals surface area contributed by atoms with Gasteiger partial charge in [0.25, 0.3) is 5.91 Å². The van der Waals surface area contributed by atoms with Gasteiger partial charge in [0.05, 0.1) is 0 Å². The van der Waals surface area contributed by atoms with Gasteiger partial charge in [0, 0.05) is 36.9 Å². The average Bonchev–Trinajstić information content (AvgIpc) is 2.47. The minimum Gasteiger partial charge on any atom is -0.378 e. The number of anilines is 2. The fraction of sp³-hybridized carbons (Fsp3) is 0.188. The van der Waals surface area contributed by atoms with E-state index in [1.165, 1.54) is 0 Å². The summed E-state index contributed by atoms with van der Waals surface area (Å²) in [4.78, 5) is 14.1. The number of benzene rings is 2. The van der Waals surface area contributed by atoms with E-state index in [2.05, 4.69) is 5.32 Å². The molecule has 20 heavy (non-hydrogen) atoms. The van der Waals surface area contributed by atoms with Crippen molar-refractivity contribution in [2.75, 3.05) is 24.3 Å². The van der Waals surface area contributed by atoms with E-state index in [1.54, 1.807) is 12.1 Å². The Balaban J connectivity index is 2.12. The fourth-order valence-corrected chi connectivity index (χ4v) is 1.99. The number of alkyl halides is 1. The van der Waals surface area contributed by atoms with E-state index in [0.717, 1.165) is 16.9 Å². The number of hydrogen-bond acceptors (Lipinski definition) is 2. The first-order valence-corrected chi connectivity index (χ1v) is 6.87. The van der Waals surface area contributed by atoms with Gasteiger partial charge in [-0.25, -0.2) is 0 Å². The van der Waals surface area contributed by atoms with E-state index in [9.17, 15) is 4.79 Å². The third-order valence-corrected chi connectivity index (χ3v) is 3.30. The molecule has 2 rings (SSSR count). The van der Waals surface area contributed by atoms with Gasteiger partial charge in [0.15, 0.2) is 0 Å². The van der Waals surface area contributed by atoms with Crippen LogP contribution in [0.2, 0.25) is 0 Å². The standard InChI is InChI=1S/C16H17ClN2O/c1-19(2)15-5-3-4-14(10-15)18-16(20)13-8-6-12(11-17)7-9-13/h3-10H,11H2,1-2H3,(H,18,20). The summed E-state index contributed by atoms with van der Waals surface area (Å²) in [6.45, 7) is 0. The van der Waals surface area contributed by atoms with Gasteiger partial charge in [-0.3, -0.25) is 4.79 Å². The summed E-state index contributed by atoms with van der Waals surface area (Å²) in [7, 11) is 3.93. The van der Waals surface area contributed by atoms with Crippen LogP contribution in [0.5, 0.6) is 0 Å². The Morgan fingerprint density at radius 1 is 1.15 bits per heavy atom. The lowest BCUT2D eigenvalue weighted by atomic mass is 10.1. The molecule has 0 aliphatic heterocycles. The zero-order chi connectivity index (χ0) is 14.5. The van der Waals surface area contributed by atoms with Crippen LogP contribution in [-0.4, -0.2) is 20.0 Å². The Morgan fingerprint density at radius 2 is 1.85 bits per heavy atom. The first-order valence-electron chi connectivity index (χ1n) is 6.34. The highest BCUT2D eigenvalue weighted by molar-refractivity contribution is 6.17. The lowest BCUT2D eigenvalue weighted by Crippen LogP contribution is -2.13. The number of rotatable bonds is 4. The second-order valence-corrected chi connectivity index (χ2v) is 5.00. The zero-order valence-electron chi connectivity index (χ0n) is 11.6. The third-order valence-electron chi connectivity index (χ3n) is 2.99. The maximum absolute atomic E-state index is 12.1. The van der Waals surface area contributed by atoms with Gasteiger partial charge < -0.3 is 10.2 Å². The number of halogens is 1. The molecule has 0 spiro atoms. The molecular weight excluding hydrogens is 272 g/mol. The zero-order valence-corrected chi connectivity index (χ0v) is 12.3. The van der Waals surface area contributed by atoms with Crippen LogP contribution in [0.1, 0.15) is 15.9 Å².